The number of nitrogens with zero attached hydrogens (tertiary/aromatic N) is 1. The molecule has 24 heavy (non-hydrogen) atoms. The lowest BCUT2D eigenvalue weighted by Gasteiger charge is -2.13. The topological polar surface area (TPSA) is 96.1 Å². The van der Waals surface area contributed by atoms with Crippen molar-refractivity contribution in [2.24, 2.45) is 0 Å². The van der Waals surface area contributed by atoms with Gasteiger partial charge in [0.25, 0.3) is 5.91 Å². The van der Waals surface area contributed by atoms with Gasteiger partial charge in [0.2, 0.25) is 0 Å². The van der Waals surface area contributed by atoms with E-state index in [0.29, 0.717) is 23.5 Å². The van der Waals surface area contributed by atoms with Crippen molar-refractivity contribution in [2.75, 3.05) is 19.0 Å². The van der Waals surface area contributed by atoms with Crippen LogP contribution >= 0.6 is 12.4 Å². The summed E-state index contributed by atoms with van der Waals surface area (Å²) in [6.45, 7) is 3.35. The predicted octanol–water partition coefficient (Wildman–Crippen LogP) is 1.82. The zero-order valence-corrected chi connectivity index (χ0v) is 14.3. The van der Waals surface area contributed by atoms with E-state index in [4.69, 9.17) is 4.74 Å². The molecule has 8 heteroatoms. The van der Waals surface area contributed by atoms with E-state index in [0.717, 1.165) is 29.8 Å². The molecule has 3 rings (SSSR count). The van der Waals surface area contributed by atoms with Gasteiger partial charge in [-0.3, -0.25) is 9.89 Å². The van der Waals surface area contributed by atoms with Crippen LogP contribution in [0.5, 0.6) is 0 Å². The number of rotatable bonds is 3. The molecule has 0 aliphatic carbocycles. The van der Waals surface area contributed by atoms with Crippen molar-refractivity contribution in [1.29, 1.82) is 0 Å². The summed E-state index contributed by atoms with van der Waals surface area (Å²) in [7, 11) is 1.32. The smallest absolute Gasteiger partial charge is 0.337 e. The lowest BCUT2D eigenvalue weighted by molar-refractivity contribution is 0.0600. The number of aryl methyl sites for hydroxylation is 1. The largest absolute Gasteiger partial charge is 0.465 e. The Morgan fingerprint density at radius 3 is 2.88 bits per heavy atom. The first-order chi connectivity index (χ1) is 11.1. The number of hydrogen-bond donors (Lipinski definition) is 3. The van der Waals surface area contributed by atoms with Crippen molar-refractivity contribution < 1.29 is 14.3 Å². The summed E-state index contributed by atoms with van der Waals surface area (Å²) in [5.74, 6) is -0.738. The highest BCUT2D eigenvalue weighted by molar-refractivity contribution is 6.05. The minimum atomic E-state index is -0.443. The van der Waals surface area contributed by atoms with Crippen LogP contribution in [0.1, 0.15) is 37.7 Å². The third-order valence-corrected chi connectivity index (χ3v) is 3.93. The number of fused-ring (bicyclic) bond motifs is 1. The number of ether oxygens (including phenoxy) is 1. The number of carbonyl (C=O) groups is 2. The Morgan fingerprint density at radius 2 is 2.12 bits per heavy atom. The number of aromatic amines is 1. The van der Waals surface area contributed by atoms with E-state index in [9.17, 15) is 9.59 Å². The maximum Gasteiger partial charge on any atom is 0.337 e. The standard InChI is InChI=1S/C16H18N4O3.ClH/c1-9-3-4-10(16(22)23-2)7-13(9)18-15(21)14-11-8-17-6-5-12(11)19-20-14;/h3-4,7,17H,5-6,8H2,1-2H3,(H,18,21)(H,19,20);1H. The second-order valence-corrected chi connectivity index (χ2v) is 5.43. The Balaban J connectivity index is 0.00000208. The summed E-state index contributed by atoms with van der Waals surface area (Å²) in [6.07, 6.45) is 0.826. The van der Waals surface area contributed by atoms with Crippen LogP contribution in [0.4, 0.5) is 5.69 Å². The molecule has 1 aliphatic heterocycles. The summed E-state index contributed by atoms with van der Waals surface area (Å²) in [5.41, 5.74) is 4.09. The number of amides is 1. The lowest BCUT2D eigenvalue weighted by Crippen LogP contribution is -2.25. The molecule has 0 radical (unpaired) electrons. The molecule has 1 aromatic carbocycles. The fourth-order valence-corrected chi connectivity index (χ4v) is 2.60. The van der Waals surface area contributed by atoms with E-state index in [-0.39, 0.29) is 18.3 Å². The Labute approximate surface area is 145 Å². The minimum absolute atomic E-state index is 0. The highest BCUT2D eigenvalue weighted by Gasteiger charge is 2.22. The Hall–Kier alpha value is -2.38. The molecule has 2 aromatic rings. The van der Waals surface area contributed by atoms with Crippen molar-refractivity contribution in [2.45, 2.75) is 19.9 Å². The van der Waals surface area contributed by atoms with E-state index in [1.54, 1.807) is 18.2 Å². The molecule has 0 unspecified atom stereocenters. The van der Waals surface area contributed by atoms with Gasteiger partial charge < -0.3 is 15.4 Å². The van der Waals surface area contributed by atoms with Crippen LogP contribution in [-0.2, 0) is 17.7 Å². The monoisotopic (exact) mass is 350 g/mol. The van der Waals surface area contributed by atoms with Gasteiger partial charge in [-0.05, 0) is 24.6 Å². The molecule has 128 valence electrons. The number of halogens is 1. The maximum atomic E-state index is 12.5. The Bertz CT molecular complexity index is 773. The molecular formula is C16H19ClN4O3. The molecule has 0 fully saturated rings. The van der Waals surface area contributed by atoms with Gasteiger partial charge in [0.1, 0.15) is 0 Å². The van der Waals surface area contributed by atoms with Gasteiger partial charge in [-0.15, -0.1) is 12.4 Å². The summed E-state index contributed by atoms with van der Waals surface area (Å²) in [6, 6.07) is 5.04. The van der Waals surface area contributed by atoms with Gasteiger partial charge in [0.05, 0.1) is 12.7 Å². The van der Waals surface area contributed by atoms with E-state index in [1.807, 2.05) is 6.92 Å². The average molecular weight is 351 g/mol. The van der Waals surface area contributed by atoms with Gasteiger partial charge in [-0.1, -0.05) is 6.07 Å². The quantitative estimate of drug-likeness (QED) is 0.734. The highest BCUT2D eigenvalue weighted by atomic mass is 35.5. The number of benzene rings is 1. The van der Waals surface area contributed by atoms with Crippen molar-refractivity contribution in [1.82, 2.24) is 15.5 Å². The van der Waals surface area contributed by atoms with Gasteiger partial charge >= 0.3 is 5.97 Å². The van der Waals surface area contributed by atoms with Gasteiger partial charge in [0, 0.05) is 36.5 Å². The molecule has 0 spiro atoms. The van der Waals surface area contributed by atoms with Crippen LogP contribution in [0.15, 0.2) is 18.2 Å². The van der Waals surface area contributed by atoms with Crippen LogP contribution in [0.3, 0.4) is 0 Å². The molecular weight excluding hydrogens is 332 g/mol. The predicted molar refractivity (Wildman–Crippen MR) is 91.7 cm³/mol. The molecule has 0 atom stereocenters. The van der Waals surface area contributed by atoms with Crippen molar-refractivity contribution in [3.8, 4) is 0 Å². The zero-order chi connectivity index (χ0) is 16.4. The normalized spacial score (nSPS) is 12.8. The number of aromatic nitrogens is 2. The zero-order valence-electron chi connectivity index (χ0n) is 13.4. The fourth-order valence-electron chi connectivity index (χ4n) is 2.60. The lowest BCUT2D eigenvalue weighted by atomic mass is 10.1. The van der Waals surface area contributed by atoms with Gasteiger partial charge in [0.15, 0.2) is 5.69 Å². The molecule has 7 nitrogen and oxygen atoms in total. The summed E-state index contributed by atoms with van der Waals surface area (Å²) >= 11 is 0. The fraction of sp³-hybridized carbons (Fsp3) is 0.312. The summed E-state index contributed by atoms with van der Waals surface area (Å²) in [4.78, 5) is 24.1. The SMILES string of the molecule is COC(=O)c1ccc(C)c(NC(=O)c2n[nH]c3c2CNCC3)c1.Cl. The van der Waals surface area contributed by atoms with E-state index in [2.05, 4.69) is 20.8 Å². The first-order valence-corrected chi connectivity index (χ1v) is 7.37. The molecule has 1 aliphatic rings. The Morgan fingerprint density at radius 1 is 1.33 bits per heavy atom. The number of nitrogens with one attached hydrogen (secondary N) is 3. The van der Waals surface area contributed by atoms with E-state index in [1.165, 1.54) is 7.11 Å². The second kappa shape index (κ2) is 7.46. The van der Waals surface area contributed by atoms with Crippen molar-refractivity contribution in [3.63, 3.8) is 0 Å². The second-order valence-electron chi connectivity index (χ2n) is 5.43. The molecule has 0 saturated heterocycles. The van der Waals surface area contributed by atoms with Crippen molar-refractivity contribution in [3.05, 3.63) is 46.3 Å². The summed E-state index contributed by atoms with van der Waals surface area (Å²) < 4.78 is 4.71. The molecule has 1 amide bonds. The van der Waals surface area contributed by atoms with Gasteiger partial charge in [-0.25, -0.2) is 4.79 Å². The first-order valence-electron chi connectivity index (χ1n) is 7.37. The number of carbonyl (C=O) groups excluding carboxylic acids is 2. The maximum absolute atomic E-state index is 12.5. The van der Waals surface area contributed by atoms with E-state index >= 15 is 0 Å². The Kier molecular flexibility index (Phi) is 5.58. The van der Waals surface area contributed by atoms with E-state index < -0.39 is 5.97 Å². The van der Waals surface area contributed by atoms with Crippen LogP contribution in [0.25, 0.3) is 0 Å². The molecule has 2 heterocycles. The third-order valence-electron chi connectivity index (χ3n) is 3.93. The minimum Gasteiger partial charge on any atom is -0.465 e. The average Bonchev–Trinajstić information content (AvgIpc) is 3.00. The molecule has 3 N–H and O–H groups in total. The summed E-state index contributed by atoms with van der Waals surface area (Å²) in [5, 5.41) is 13.1. The van der Waals surface area contributed by atoms with Crippen LogP contribution in [0, 0.1) is 6.92 Å². The number of H-pyrrole nitrogens is 1. The molecule has 0 bridgehead atoms. The number of methoxy groups -OCH3 is 1. The van der Waals surface area contributed by atoms with Crippen LogP contribution < -0.4 is 10.6 Å². The van der Waals surface area contributed by atoms with Crippen LogP contribution in [-0.4, -0.2) is 35.7 Å². The van der Waals surface area contributed by atoms with Crippen molar-refractivity contribution >= 4 is 30.0 Å². The van der Waals surface area contributed by atoms with Crippen LogP contribution in [0.2, 0.25) is 0 Å². The number of anilines is 1. The first kappa shape index (κ1) is 18.0. The van der Waals surface area contributed by atoms with Gasteiger partial charge in [-0.2, -0.15) is 5.10 Å². The molecule has 1 aromatic heterocycles. The number of hydrogen-bond acceptors (Lipinski definition) is 5. The third kappa shape index (κ3) is 3.42. The molecule has 0 saturated carbocycles. The number of esters is 1. The highest BCUT2D eigenvalue weighted by Crippen LogP contribution is 2.20.